The van der Waals surface area contributed by atoms with Crippen molar-refractivity contribution in [2.24, 2.45) is 0 Å². The molecule has 0 saturated heterocycles. The third kappa shape index (κ3) is 69.6. The summed E-state index contributed by atoms with van der Waals surface area (Å²) >= 11 is 0. The third-order valence-corrected chi connectivity index (χ3v) is 18.1. The van der Waals surface area contributed by atoms with Gasteiger partial charge in [0.15, 0.2) is 0 Å². The Morgan fingerprint density at radius 2 is 0.685 bits per heavy atom. The molecule has 10 heteroatoms. The number of quaternary nitrogens is 1. The average molecular weight is 1270 g/mol. The third-order valence-electron chi connectivity index (χ3n) is 17.1. The van der Waals surface area contributed by atoms with E-state index in [1.54, 1.807) is 0 Å². The maximum absolute atomic E-state index is 13.6. The number of amides is 1. The maximum Gasteiger partial charge on any atom is 0.306 e. The molecule has 0 heterocycles. The first kappa shape index (κ1) is 86.5. The van der Waals surface area contributed by atoms with Crippen molar-refractivity contribution in [2.45, 2.75) is 380 Å². The van der Waals surface area contributed by atoms with Gasteiger partial charge in [-0.05, 0) is 102 Å². The molecule has 0 aliphatic rings. The van der Waals surface area contributed by atoms with Gasteiger partial charge in [-0.2, -0.15) is 0 Å². The summed E-state index contributed by atoms with van der Waals surface area (Å²) in [7, 11) is 1.19. The van der Waals surface area contributed by atoms with Crippen molar-refractivity contribution < 1.29 is 37.3 Å². The number of carbonyl (C=O) groups is 2. The maximum atomic E-state index is 13.6. The molecule has 0 aliphatic carbocycles. The number of esters is 1. The summed E-state index contributed by atoms with van der Waals surface area (Å²) in [5, 5.41) is 3.06. The molecule has 0 fully saturated rings. The Balaban J connectivity index is 5.01. The largest absolute Gasteiger partial charge is 0.756 e. The van der Waals surface area contributed by atoms with Crippen LogP contribution in [0.5, 0.6) is 0 Å². The van der Waals surface area contributed by atoms with E-state index in [0.29, 0.717) is 17.4 Å². The van der Waals surface area contributed by atoms with E-state index in [4.69, 9.17) is 13.8 Å². The Kier molecular flexibility index (Phi) is 66.4. The molecule has 0 radical (unpaired) electrons. The Morgan fingerprint density at radius 1 is 0.393 bits per heavy atom. The lowest BCUT2D eigenvalue weighted by molar-refractivity contribution is -0.870. The van der Waals surface area contributed by atoms with Crippen LogP contribution >= 0.6 is 7.82 Å². The molecule has 9 nitrogen and oxygen atoms in total. The summed E-state index contributed by atoms with van der Waals surface area (Å²) < 4.78 is 30.5. The second-order valence-corrected chi connectivity index (χ2v) is 28.6. The fourth-order valence-corrected chi connectivity index (χ4v) is 11.9. The van der Waals surface area contributed by atoms with Crippen molar-refractivity contribution in [3.05, 3.63) is 72.9 Å². The number of phosphoric acid groups is 1. The van der Waals surface area contributed by atoms with Gasteiger partial charge in [-0.25, -0.2) is 0 Å². The quantitative estimate of drug-likeness (QED) is 0.0212. The van der Waals surface area contributed by atoms with Gasteiger partial charge in [-0.1, -0.05) is 325 Å². The highest BCUT2D eigenvalue weighted by Crippen LogP contribution is 2.38. The Labute approximate surface area is 553 Å². The SMILES string of the molecule is CCCCC/C=C\C/C=C\C/C=C\CCCCCCCCCCCCCCC(=O)OC(/C=C/CCCCCCCCCCCCC)C(COP(=O)([O-])OCC[N+](C)(C)C)NC(=O)CCCCCCCCCCCCCCCCC/C=C\C/C=C\CCCCC. The van der Waals surface area contributed by atoms with E-state index in [0.717, 1.165) is 77.0 Å². The van der Waals surface area contributed by atoms with Gasteiger partial charge in [0.05, 0.1) is 33.8 Å². The normalized spacial score (nSPS) is 13.8. The van der Waals surface area contributed by atoms with E-state index in [1.807, 2.05) is 33.3 Å². The number of phosphoric ester groups is 1. The molecule has 1 amide bonds. The minimum atomic E-state index is -4.71. The van der Waals surface area contributed by atoms with Gasteiger partial charge in [0.1, 0.15) is 19.3 Å². The van der Waals surface area contributed by atoms with E-state index < -0.39 is 20.0 Å². The highest BCUT2D eigenvalue weighted by atomic mass is 31.2. The molecule has 89 heavy (non-hydrogen) atoms. The zero-order valence-corrected chi connectivity index (χ0v) is 60.5. The van der Waals surface area contributed by atoms with Crippen molar-refractivity contribution >= 4 is 19.7 Å². The lowest BCUT2D eigenvalue weighted by atomic mass is 10.0. The summed E-state index contributed by atoms with van der Waals surface area (Å²) in [6.45, 7) is 6.84. The average Bonchev–Trinajstić information content (AvgIpc) is 3.54. The molecule has 0 aliphatic heterocycles. The number of nitrogens with one attached hydrogen (secondary N) is 1. The van der Waals surface area contributed by atoms with Crippen LogP contribution < -0.4 is 10.2 Å². The van der Waals surface area contributed by atoms with Crippen LogP contribution in [0.3, 0.4) is 0 Å². The number of ether oxygens (including phenoxy) is 1. The van der Waals surface area contributed by atoms with Crippen LogP contribution in [0.1, 0.15) is 367 Å². The van der Waals surface area contributed by atoms with Crippen LogP contribution in [0.4, 0.5) is 0 Å². The van der Waals surface area contributed by atoms with Gasteiger partial charge in [-0.3, -0.25) is 14.2 Å². The summed E-state index contributed by atoms with van der Waals surface area (Å²) in [5.74, 6) is -0.529. The first-order chi connectivity index (χ1) is 43.4. The first-order valence-electron chi connectivity index (χ1n) is 38.2. The molecular weight excluding hydrogens is 1120 g/mol. The minimum absolute atomic E-state index is 0.0227. The molecule has 0 aromatic carbocycles. The first-order valence-corrected chi connectivity index (χ1v) is 39.7. The second-order valence-electron chi connectivity index (χ2n) is 27.1. The Morgan fingerprint density at radius 3 is 1.04 bits per heavy atom. The molecule has 0 rings (SSSR count). The van der Waals surface area contributed by atoms with Crippen LogP contribution in [-0.2, 0) is 27.9 Å². The number of allylic oxidation sites excluding steroid dienone is 11. The van der Waals surface area contributed by atoms with E-state index in [1.165, 1.54) is 257 Å². The monoisotopic (exact) mass is 1270 g/mol. The lowest BCUT2D eigenvalue weighted by Crippen LogP contribution is -2.47. The number of unbranched alkanes of at least 4 members (excludes halogenated alkanes) is 44. The van der Waals surface area contributed by atoms with Gasteiger partial charge in [-0.15, -0.1) is 0 Å². The zero-order chi connectivity index (χ0) is 64.9. The molecule has 520 valence electrons. The van der Waals surface area contributed by atoms with Crippen LogP contribution in [0, 0.1) is 0 Å². The van der Waals surface area contributed by atoms with E-state index >= 15 is 0 Å². The summed E-state index contributed by atoms with van der Waals surface area (Å²) in [5.41, 5.74) is 0. The van der Waals surface area contributed by atoms with E-state index in [9.17, 15) is 19.0 Å². The molecule has 1 N–H and O–H groups in total. The number of rotatable bonds is 70. The molecule has 0 aromatic heterocycles. The molecule has 0 aromatic rings. The molecular formula is C79H147N2O7P. The van der Waals surface area contributed by atoms with Crippen LogP contribution in [0.15, 0.2) is 72.9 Å². The molecule has 3 atom stereocenters. The topological polar surface area (TPSA) is 114 Å². The lowest BCUT2D eigenvalue weighted by Gasteiger charge is -2.30. The van der Waals surface area contributed by atoms with Crippen LogP contribution in [0.2, 0.25) is 0 Å². The number of nitrogens with zero attached hydrogens (tertiary/aromatic N) is 1. The second kappa shape index (κ2) is 68.3. The zero-order valence-electron chi connectivity index (χ0n) is 59.6. The van der Waals surface area contributed by atoms with Crippen molar-refractivity contribution in [1.82, 2.24) is 5.32 Å². The van der Waals surface area contributed by atoms with Crippen molar-refractivity contribution in [1.29, 1.82) is 0 Å². The predicted molar refractivity (Wildman–Crippen MR) is 385 cm³/mol. The predicted octanol–water partition coefficient (Wildman–Crippen LogP) is 24.1. The number of hydrogen-bond donors (Lipinski definition) is 1. The van der Waals surface area contributed by atoms with E-state index in [-0.39, 0.29) is 31.5 Å². The van der Waals surface area contributed by atoms with Crippen LogP contribution in [-0.4, -0.2) is 69.4 Å². The number of likely N-dealkylation sites (N-methyl/N-ethyl adjacent to an activating group) is 1. The Bertz CT molecular complexity index is 1750. The number of hydrogen-bond acceptors (Lipinski definition) is 7. The standard InChI is InChI=1S/C79H147N2O7P/c1-7-10-13-16-19-22-25-28-30-32-34-36-38-40-42-44-46-48-50-53-56-59-62-65-68-71-78(82)80-76(75-87-89(84,85)86-74-73-81(4,5)6)77(70-67-64-61-58-55-52-27-24-21-18-15-12-9-3)88-79(83)72-69-66-63-60-57-54-51-49-47-45-43-41-39-37-35-33-31-29-26-23-20-17-14-11-8-2/h19-20,22-23,28-31,35,37,67,70,76-77H,7-18,21,24-27,32-34,36,38-66,68-69,71-75H2,1-6H3,(H-,80,82,84,85)/b22-19-,23-20-,30-28-,31-29-,37-35-,70-67+. The van der Waals surface area contributed by atoms with Gasteiger partial charge in [0.25, 0.3) is 7.82 Å². The van der Waals surface area contributed by atoms with Gasteiger partial charge < -0.3 is 28.5 Å². The van der Waals surface area contributed by atoms with Crippen LogP contribution in [0.25, 0.3) is 0 Å². The molecule has 0 bridgehead atoms. The van der Waals surface area contributed by atoms with Crippen molar-refractivity contribution in [2.75, 3.05) is 40.9 Å². The minimum Gasteiger partial charge on any atom is -0.756 e. The highest BCUT2D eigenvalue weighted by Gasteiger charge is 2.27. The Hall–Kier alpha value is -2.55. The van der Waals surface area contributed by atoms with Gasteiger partial charge >= 0.3 is 5.97 Å². The molecule has 0 spiro atoms. The number of carbonyl (C=O) groups excluding carboxylic acids is 2. The van der Waals surface area contributed by atoms with Gasteiger partial charge in [0.2, 0.25) is 5.91 Å². The smallest absolute Gasteiger partial charge is 0.306 e. The fourth-order valence-electron chi connectivity index (χ4n) is 11.2. The molecule has 0 saturated carbocycles. The molecule has 3 unspecified atom stereocenters. The van der Waals surface area contributed by atoms with E-state index in [2.05, 4.69) is 86.8 Å². The fraction of sp³-hybridized carbons (Fsp3) is 0.823. The van der Waals surface area contributed by atoms with Crippen molar-refractivity contribution in [3.8, 4) is 0 Å². The summed E-state index contributed by atoms with van der Waals surface area (Å²) in [6, 6.07) is -0.892. The summed E-state index contributed by atoms with van der Waals surface area (Å²) in [6.07, 6.45) is 90.3. The van der Waals surface area contributed by atoms with Crippen molar-refractivity contribution in [3.63, 3.8) is 0 Å². The highest BCUT2D eigenvalue weighted by molar-refractivity contribution is 7.45. The van der Waals surface area contributed by atoms with Gasteiger partial charge in [0, 0.05) is 12.8 Å². The summed E-state index contributed by atoms with van der Waals surface area (Å²) in [4.78, 5) is 40.3.